The van der Waals surface area contributed by atoms with Crippen molar-refractivity contribution >= 4 is 111 Å². The standard InChI is InChI=1S/C64H46B2N6O4S3.K/c1-43-22-15-16-31-50(43)60-57-56(61(51(42-67)63-69-52-32-17-19-34-54(52)77-63)72(60)66(47-27-11-5-12-28-47)48-29-13-6-14-30-48)59(44-36-38-49(39-37-44)76-40-21-41-79(73,74)75)71(65(45-23-7-3-8-24-45)46-25-9-4-10-26-46)62(57)58(68-2)64-70-53-33-18-20-35-55(53)78-64;/h3-20,22-39H,21,40-41H2,1H3,(H,73,74,75);/q;+1/p-1/b61-51-,62-58+;. The molecule has 0 unspecified atom stereocenters. The van der Waals surface area contributed by atoms with Crippen molar-refractivity contribution in [3.8, 4) is 34.3 Å². The summed E-state index contributed by atoms with van der Waals surface area (Å²) in [5, 5.41) is 16.0. The van der Waals surface area contributed by atoms with E-state index in [1.54, 1.807) is 0 Å². The van der Waals surface area contributed by atoms with Crippen LogP contribution in [0.15, 0.2) is 218 Å². The summed E-state index contributed by atoms with van der Waals surface area (Å²) in [6.07, 6.45) is 0.0261. The molecule has 0 aliphatic rings. The maximum Gasteiger partial charge on any atom is 1.00 e. The van der Waals surface area contributed by atoms with Crippen LogP contribution in [0, 0.1) is 24.8 Å². The summed E-state index contributed by atoms with van der Waals surface area (Å²) in [7, 11) is -4.43. The number of ether oxygens (including phenoxy) is 1. The molecule has 0 radical (unpaired) electrons. The van der Waals surface area contributed by atoms with Gasteiger partial charge in [-0.05, 0) is 73.0 Å². The second-order valence-electron chi connectivity index (χ2n) is 19.1. The molecule has 0 saturated carbocycles. The summed E-state index contributed by atoms with van der Waals surface area (Å²) < 4.78 is 47.3. The number of nitriles is 1. The summed E-state index contributed by atoms with van der Waals surface area (Å²) in [5.41, 5.74) is 10.2. The third-order valence-electron chi connectivity index (χ3n) is 14.2. The molecule has 12 rings (SSSR count). The molecule has 0 saturated heterocycles. The largest absolute Gasteiger partial charge is 1.00 e. The van der Waals surface area contributed by atoms with Crippen molar-refractivity contribution in [3.05, 3.63) is 256 Å². The Balaban J connectivity index is 0.00000675. The van der Waals surface area contributed by atoms with Gasteiger partial charge in [-0.25, -0.2) is 23.2 Å². The van der Waals surface area contributed by atoms with E-state index >= 15 is 0 Å². The first kappa shape index (κ1) is 54.5. The minimum absolute atomic E-state index is 0. The normalized spacial score (nSPS) is 12.2. The third kappa shape index (κ3) is 10.6. The van der Waals surface area contributed by atoms with Crippen molar-refractivity contribution in [2.75, 3.05) is 12.4 Å². The third-order valence-corrected chi connectivity index (χ3v) is 17.0. The van der Waals surface area contributed by atoms with Gasteiger partial charge in [-0.2, -0.15) is 5.26 Å². The molecular formula is C64H45B2KN6O4S3. The molecule has 8 aromatic carbocycles. The molecule has 16 heteroatoms. The zero-order chi connectivity index (χ0) is 54.0. The summed E-state index contributed by atoms with van der Waals surface area (Å²) in [6, 6.07) is 75.9. The van der Waals surface area contributed by atoms with Crippen molar-refractivity contribution in [1.82, 2.24) is 18.9 Å². The van der Waals surface area contributed by atoms with Gasteiger partial charge in [-0.15, -0.1) is 22.7 Å². The SMILES string of the molecule is [C-]#[N+]/C(c1nc2ccccc2s1)=c1\c2c(-c3ccccc3C)n(B(c3ccccc3)c3ccccc3)/c(=C(/C#N)c3nc4ccccc4s3)c2c(-c2ccc(OCCCS(=O)(=O)[O-])cc2)n1B(c1ccccc1)c1ccccc1.[K+]. The number of benzene rings is 8. The van der Waals surface area contributed by atoms with Gasteiger partial charge in [-0.1, -0.05) is 192 Å². The van der Waals surface area contributed by atoms with Gasteiger partial charge in [0.2, 0.25) is 5.70 Å². The number of thiazole rings is 2. The second-order valence-corrected chi connectivity index (χ2v) is 22.6. The number of rotatable bonds is 15. The van der Waals surface area contributed by atoms with Gasteiger partial charge in [0.05, 0.1) is 49.1 Å². The van der Waals surface area contributed by atoms with Crippen LogP contribution < -0.4 is 88.7 Å². The first-order valence-electron chi connectivity index (χ1n) is 25.7. The van der Waals surface area contributed by atoms with Crippen LogP contribution in [-0.2, 0) is 10.1 Å². The number of para-hydroxylation sites is 2. The monoisotopic (exact) mass is 1120 g/mol. The molecule has 80 heavy (non-hydrogen) atoms. The van der Waals surface area contributed by atoms with Crippen molar-refractivity contribution in [1.29, 1.82) is 5.26 Å². The van der Waals surface area contributed by atoms with Gasteiger partial charge >= 0.3 is 65.1 Å². The molecule has 0 aliphatic carbocycles. The number of hydrogen-bond acceptors (Lipinski definition) is 9. The van der Waals surface area contributed by atoms with E-state index in [0.717, 1.165) is 75.4 Å². The Bertz CT molecular complexity index is 4340. The molecule has 4 aromatic heterocycles. The molecule has 0 amide bonds. The Kier molecular flexibility index (Phi) is 16.2. The number of hydrogen-bond donors (Lipinski definition) is 0. The van der Waals surface area contributed by atoms with Crippen molar-refractivity contribution < 1.29 is 69.1 Å². The second kappa shape index (κ2) is 23.7. The van der Waals surface area contributed by atoms with Gasteiger partial charge in [-0.3, -0.25) is 0 Å². The molecular weight excluding hydrogens is 1070 g/mol. The Morgan fingerprint density at radius 3 is 1.55 bits per heavy atom. The Morgan fingerprint density at radius 2 is 1.06 bits per heavy atom. The van der Waals surface area contributed by atoms with Gasteiger partial charge in [0.1, 0.15) is 27.4 Å². The van der Waals surface area contributed by atoms with Gasteiger partial charge < -0.3 is 18.2 Å². The topological polar surface area (TPSA) is 130 Å². The van der Waals surface area contributed by atoms with E-state index in [1.165, 1.54) is 22.7 Å². The zero-order valence-electron chi connectivity index (χ0n) is 43.6. The maximum atomic E-state index is 12.2. The average molecular weight is 1120 g/mol. The number of aryl methyl sites for hydroxylation is 1. The minimum atomic E-state index is -4.43. The smallest absolute Gasteiger partial charge is 0.748 e. The first-order chi connectivity index (χ1) is 38.7. The molecule has 0 fully saturated rings. The summed E-state index contributed by atoms with van der Waals surface area (Å²) in [4.78, 5) is 15.1. The molecule has 0 atom stereocenters. The van der Waals surface area contributed by atoms with Crippen LogP contribution in [0.2, 0.25) is 0 Å². The van der Waals surface area contributed by atoms with E-state index in [-0.39, 0.29) is 64.4 Å². The van der Waals surface area contributed by atoms with Crippen molar-refractivity contribution in [2.45, 2.75) is 13.3 Å². The number of aromatic nitrogens is 4. The van der Waals surface area contributed by atoms with E-state index in [1.807, 2.05) is 158 Å². The molecule has 0 aliphatic heterocycles. The van der Waals surface area contributed by atoms with Crippen LogP contribution in [0.1, 0.15) is 22.0 Å². The number of fused-ring (bicyclic) bond motifs is 3. The Morgan fingerprint density at radius 1 is 0.613 bits per heavy atom. The van der Waals surface area contributed by atoms with Crippen LogP contribution in [-0.4, -0.2) is 57.9 Å². The average Bonchev–Trinajstić information content (AvgIpc) is 4.45. The van der Waals surface area contributed by atoms with Crippen LogP contribution >= 0.6 is 22.7 Å². The van der Waals surface area contributed by atoms with Gasteiger partial charge in [0.15, 0.2) is 0 Å². The Hall–Kier alpha value is -7.44. The Labute approximate surface area is 514 Å². The van der Waals surface area contributed by atoms with E-state index in [0.29, 0.717) is 43.4 Å². The predicted octanol–water partition coefficient (Wildman–Crippen LogP) is 6.73. The first-order valence-corrected chi connectivity index (χ1v) is 28.9. The molecule has 4 heterocycles. The fourth-order valence-corrected chi connectivity index (χ4v) is 13.2. The van der Waals surface area contributed by atoms with Crippen molar-refractivity contribution in [3.63, 3.8) is 0 Å². The summed E-state index contributed by atoms with van der Waals surface area (Å²) >= 11 is 2.93. The number of nitrogens with zero attached hydrogens (tertiary/aromatic N) is 6. The fourth-order valence-electron chi connectivity index (χ4n) is 10.8. The molecule has 12 aromatic rings. The molecule has 0 N–H and O–H groups in total. The zero-order valence-corrected chi connectivity index (χ0v) is 49.2. The van der Waals surface area contributed by atoms with Gasteiger partial charge in [0.25, 0.3) is 0 Å². The van der Waals surface area contributed by atoms with Crippen LogP contribution in [0.5, 0.6) is 5.75 Å². The van der Waals surface area contributed by atoms with Crippen LogP contribution in [0.4, 0.5) is 0 Å². The van der Waals surface area contributed by atoms with Crippen LogP contribution in [0.3, 0.4) is 0 Å². The van der Waals surface area contributed by atoms with E-state index in [9.17, 15) is 24.8 Å². The maximum absolute atomic E-state index is 12.2. The quantitative estimate of drug-likeness (QED) is 0.0482. The van der Waals surface area contributed by atoms with Crippen LogP contribution in [0.25, 0.3) is 69.8 Å². The van der Waals surface area contributed by atoms with Crippen molar-refractivity contribution in [2.24, 2.45) is 0 Å². The summed E-state index contributed by atoms with van der Waals surface area (Å²) in [6.45, 7) is 10.5. The predicted molar refractivity (Wildman–Crippen MR) is 323 cm³/mol. The minimum Gasteiger partial charge on any atom is -0.748 e. The molecule has 0 spiro atoms. The molecule has 10 nitrogen and oxygen atoms in total. The fraction of sp³-hybridized carbons (Fsp3) is 0.0625. The van der Waals surface area contributed by atoms with E-state index in [4.69, 9.17) is 14.7 Å². The molecule has 380 valence electrons. The van der Waals surface area contributed by atoms with E-state index in [2.05, 4.69) is 87.5 Å². The van der Waals surface area contributed by atoms with Gasteiger partial charge in [0, 0.05) is 38.8 Å². The summed E-state index contributed by atoms with van der Waals surface area (Å²) in [5.74, 6) is -0.0751. The van der Waals surface area contributed by atoms with E-state index < -0.39 is 29.6 Å². The molecule has 0 bridgehead atoms.